The van der Waals surface area contributed by atoms with Gasteiger partial charge in [0, 0.05) is 12.0 Å². The lowest BCUT2D eigenvalue weighted by Crippen LogP contribution is -2.47. The number of hydrogen-bond donors (Lipinski definition) is 1. The maximum absolute atomic E-state index is 13.1. The van der Waals surface area contributed by atoms with Gasteiger partial charge in [0.05, 0.1) is 25.4 Å². The molecule has 0 unspecified atom stereocenters. The van der Waals surface area contributed by atoms with Gasteiger partial charge in [-0.05, 0) is 30.3 Å². The minimum Gasteiger partial charge on any atom is -0.490 e. The van der Waals surface area contributed by atoms with Crippen molar-refractivity contribution < 1.29 is 28.9 Å². The van der Waals surface area contributed by atoms with E-state index in [1.54, 1.807) is 42.5 Å². The topological polar surface area (TPSA) is 85.3 Å². The van der Waals surface area contributed by atoms with E-state index in [1.165, 1.54) is 4.90 Å². The number of ether oxygens (including phenoxy) is 3. The van der Waals surface area contributed by atoms with Gasteiger partial charge in [-0.2, -0.15) is 0 Å². The number of carboxylic acid groups (broad SMARTS) is 1. The average molecular weight is 355 g/mol. The lowest BCUT2D eigenvalue weighted by atomic mass is 10.1. The summed E-state index contributed by atoms with van der Waals surface area (Å²) in [4.78, 5) is 25.9. The van der Waals surface area contributed by atoms with Gasteiger partial charge in [0.2, 0.25) is 6.10 Å². The lowest BCUT2D eigenvalue weighted by Gasteiger charge is -2.33. The number of rotatable bonds is 2. The minimum atomic E-state index is -1.12. The van der Waals surface area contributed by atoms with Gasteiger partial charge in [0.1, 0.15) is 5.75 Å². The number of carboxylic acids is 1. The predicted octanol–water partition coefficient (Wildman–Crippen LogP) is 2.34. The van der Waals surface area contributed by atoms with Crippen LogP contribution < -0.4 is 19.1 Å². The van der Waals surface area contributed by atoms with Crippen molar-refractivity contribution in [2.75, 3.05) is 24.7 Å². The largest absolute Gasteiger partial charge is 0.490 e. The Morgan fingerprint density at radius 2 is 1.77 bits per heavy atom. The summed E-state index contributed by atoms with van der Waals surface area (Å²) in [7, 11) is 0. The highest BCUT2D eigenvalue weighted by Crippen LogP contribution is 2.36. The van der Waals surface area contributed by atoms with Gasteiger partial charge >= 0.3 is 5.97 Å². The average Bonchev–Trinajstić information content (AvgIpc) is 2.91. The molecule has 0 fully saturated rings. The smallest absolute Gasteiger partial charge is 0.346 e. The summed E-state index contributed by atoms with van der Waals surface area (Å²) >= 11 is 0. The van der Waals surface area contributed by atoms with E-state index in [2.05, 4.69) is 0 Å². The highest BCUT2D eigenvalue weighted by atomic mass is 16.5. The molecule has 0 spiro atoms. The quantitative estimate of drug-likeness (QED) is 0.890. The van der Waals surface area contributed by atoms with Crippen molar-refractivity contribution in [2.24, 2.45) is 0 Å². The number of aliphatic carboxylic acids is 1. The van der Waals surface area contributed by atoms with Crippen LogP contribution in [0.1, 0.15) is 16.8 Å². The van der Waals surface area contributed by atoms with Gasteiger partial charge in [-0.25, -0.2) is 4.79 Å². The van der Waals surface area contributed by atoms with Crippen molar-refractivity contribution in [3.05, 3.63) is 48.0 Å². The lowest BCUT2D eigenvalue weighted by molar-refractivity contribution is -0.144. The first-order valence-electron chi connectivity index (χ1n) is 8.33. The second-order valence-electron chi connectivity index (χ2n) is 6.04. The Morgan fingerprint density at radius 3 is 2.58 bits per heavy atom. The van der Waals surface area contributed by atoms with Crippen LogP contribution >= 0.6 is 0 Å². The van der Waals surface area contributed by atoms with Crippen LogP contribution in [0.4, 0.5) is 5.69 Å². The molecule has 0 radical (unpaired) electrons. The number of anilines is 1. The first-order chi connectivity index (χ1) is 12.6. The van der Waals surface area contributed by atoms with E-state index in [4.69, 9.17) is 14.2 Å². The van der Waals surface area contributed by atoms with E-state index in [-0.39, 0.29) is 12.5 Å². The number of carbonyl (C=O) groups excluding carboxylic acids is 1. The van der Waals surface area contributed by atoms with Crippen molar-refractivity contribution >= 4 is 17.6 Å². The molecule has 1 N–H and O–H groups in total. The van der Waals surface area contributed by atoms with E-state index in [0.717, 1.165) is 6.42 Å². The number of carbonyl (C=O) groups is 2. The molecule has 2 aromatic rings. The van der Waals surface area contributed by atoms with Crippen LogP contribution in [0.2, 0.25) is 0 Å². The molecular formula is C19H17NO6. The molecule has 1 atom stereocenters. The molecule has 0 aromatic heterocycles. The molecular weight excluding hydrogens is 338 g/mol. The molecule has 2 aliphatic rings. The normalized spacial score (nSPS) is 18.3. The summed E-state index contributed by atoms with van der Waals surface area (Å²) in [6, 6.07) is 11.9. The zero-order valence-electron chi connectivity index (χ0n) is 13.9. The predicted molar refractivity (Wildman–Crippen MR) is 92.2 cm³/mol. The number of fused-ring (bicyclic) bond motifs is 2. The van der Waals surface area contributed by atoms with Gasteiger partial charge in [-0.15, -0.1) is 0 Å². The molecule has 2 heterocycles. The third-order valence-corrected chi connectivity index (χ3v) is 4.29. The van der Waals surface area contributed by atoms with E-state index in [0.29, 0.717) is 41.7 Å². The third kappa shape index (κ3) is 2.92. The van der Waals surface area contributed by atoms with Crippen molar-refractivity contribution in [1.29, 1.82) is 0 Å². The summed E-state index contributed by atoms with van der Waals surface area (Å²) in [6.07, 6.45) is -0.344. The Labute approximate surface area is 149 Å². The molecule has 7 heteroatoms. The molecule has 7 nitrogen and oxygen atoms in total. The van der Waals surface area contributed by atoms with E-state index >= 15 is 0 Å². The zero-order valence-corrected chi connectivity index (χ0v) is 13.9. The van der Waals surface area contributed by atoms with Crippen LogP contribution in [0.3, 0.4) is 0 Å². The number of para-hydroxylation sites is 2. The molecule has 0 saturated carbocycles. The monoisotopic (exact) mass is 355 g/mol. The van der Waals surface area contributed by atoms with Crippen molar-refractivity contribution in [2.45, 2.75) is 12.5 Å². The second kappa shape index (κ2) is 6.59. The van der Waals surface area contributed by atoms with Crippen LogP contribution in [0.25, 0.3) is 0 Å². The highest BCUT2D eigenvalue weighted by Gasteiger charge is 2.34. The van der Waals surface area contributed by atoms with Gasteiger partial charge in [-0.3, -0.25) is 4.79 Å². The molecule has 2 aliphatic heterocycles. The van der Waals surface area contributed by atoms with Crippen LogP contribution in [0.15, 0.2) is 42.5 Å². The second-order valence-corrected chi connectivity index (χ2v) is 6.04. The zero-order chi connectivity index (χ0) is 18.1. The Kier molecular flexibility index (Phi) is 4.12. The third-order valence-electron chi connectivity index (χ3n) is 4.29. The van der Waals surface area contributed by atoms with Gasteiger partial charge in [0.15, 0.2) is 11.5 Å². The Morgan fingerprint density at radius 1 is 1.00 bits per heavy atom. The molecule has 0 bridgehead atoms. The summed E-state index contributed by atoms with van der Waals surface area (Å²) in [5.74, 6) is 0.0574. The van der Waals surface area contributed by atoms with Crippen molar-refractivity contribution in [3.63, 3.8) is 0 Å². The minimum absolute atomic E-state index is 0.0698. The molecule has 2 aromatic carbocycles. The first-order valence-corrected chi connectivity index (χ1v) is 8.33. The van der Waals surface area contributed by atoms with Gasteiger partial charge < -0.3 is 24.2 Å². The summed E-state index contributed by atoms with van der Waals surface area (Å²) in [5.41, 5.74) is 0.942. The van der Waals surface area contributed by atoms with Crippen LogP contribution in [0, 0.1) is 0 Å². The Balaban J connectivity index is 1.69. The molecule has 4 rings (SSSR count). The highest BCUT2D eigenvalue weighted by molar-refractivity contribution is 6.08. The van der Waals surface area contributed by atoms with Gasteiger partial charge in [-0.1, -0.05) is 12.1 Å². The number of hydrogen-bond acceptors (Lipinski definition) is 5. The number of amides is 1. The Bertz CT molecular complexity index is 865. The summed E-state index contributed by atoms with van der Waals surface area (Å²) in [5, 5.41) is 9.32. The molecule has 134 valence electrons. The summed E-state index contributed by atoms with van der Waals surface area (Å²) < 4.78 is 16.7. The molecule has 0 aliphatic carbocycles. The number of nitrogens with zero attached hydrogens (tertiary/aromatic N) is 1. The molecule has 0 saturated heterocycles. The number of benzene rings is 2. The fourth-order valence-corrected chi connectivity index (χ4v) is 3.01. The standard InChI is InChI=1S/C19H17NO6/c21-18(12-6-7-15-16(10-12)25-9-3-8-24-15)20-11-17(19(22)23)26-14-5-2-1-4-13(14)20/h1-2,4-7,10,17H,3,8-9,11H2,(H,22,23)/t17-/m0/s1. The van der Waals surface area contributed by atoms with E-state index in [1.807, 2.05) is 0 Å². The van der Waals surface area contributed by atoms with Crippen LogP contribution in [0.5, 0.6) is 17.2 Å². The van der Waals surface area contributed by atoms with E-state index < -0.39 is 12.1 Å². The maximum Gasteiger partial charge on any atom is 0.346 e. The summed E-state index contributed by atoms with van der Waals surface area (Å²) in [6.45, 7) is 1.02. The first kappa shape index (κ1) is 16.3. The van der Waals surface area contributed by atoms with Crippen molar-refractivity contribution in [3.8, 4) is 17.2 Å². The Hall–Kier alpha value is -3.22. The van der Waals surface area contributed by atoms with E-state index in [9.17, 15) is 14.7 Å². The molecule has 26 heavy (non-hydrogen) atoms. The maximum atomic E-state index is 13.1. The SMILES string of the molecule is O=C(O)[C@@H]1CN(C(=O)c2ccc3c(c2)OCCCO3)c2ccccc2O1. The fourth-order valence-electron chi connectivity index (χ4n) is 3.01. The van der Waals surface area contributed by atoms with Crippen LogP contribution in [-0.2, 0) is 4.79 Å². The van der Waals surface area contributed by atoms with Gasteiger partial charge in [0.25, 0.3) is 5.91 Å². The fraction of sp³-hybridized carbons (Fsp3) is 0.263. The molecule has 1 amide bonds. The van der Waals surface area contributed by atoms with Crippen molar-refractivity contribution in [1.82, 2.24) is 0 Å². The van der Waals surface area contributed by atoms with Crippen LogP contribution in [-0.4, -0.2) is 42.8 Å².